The van der Waals surface area contributed by atoms with E-state index >= 15 is 0 Å². The van der Waals surface area contributed by atoms with Crippen molar-refractivity contribution in [3.8, 4) is 5.75 Å². The topological polar surface area (TPSA) is 234 Å². The second-order valence-electron chi connectivity index (χ2n) is 7.36. The molecule has 0 aliphatic rings. The van der Waals surface area contributed by atoms with Crippen molar-refractivity contribution in [1.82, 2.24) is 16.0 Å². The number of primary amides is 1. The summed E-state index contributed by atoms with van der Waals surface area (Å²) >= 11 is 0. The Morgan fingerprint density at radius 3 is 2.00 bits per heavy atom. The van der Waals surface area contributed by atoms with Crippen LogP contribution in [-0.2, 0) is 30.4 Å². The maximum atomic E-state index is 12.6. The van der Waals surface area contributed by atoms with Gasteiger partial charge in [0.05, 0.1) is 12.6 Å². The highest BCUT2D eigenvalue weighted by molar-refractivity contribution is 5.94. The van der Waals surface area contributed by atoms with Gasteiger partial charge in [0.1, 0.15) is 23.9 Å². The van der Waals surface area contributed by atoms with Crippen molar-refractivity contribution in [3.63, 3.8) is 0 Å². The number of carboxylic acids is 1. The standard InChI is InChI=1S/C20H29N5O8/c1-10(20(32)33)23-19(31)15(9-26)25-18(30)14(6-7-16(22)28)24-17(29)13(21)8-11-2-4-12(27)5-3-11/h2-5,10,13-15,26-27H,6-9,21H2,1H3,(H2,22,28)(H,23,31)(H,24,29)(H,25,30)(H,32,33). The van der Waals surface area contributed by atoms with Crippen molar-refractivity contribution in [1.29, 1.82) is 0 Å². The Morgan fingerprint density at radius 2 is 1.48 bits per heavy atom. The molecule has 4 amide bonds. The van der Waals surface area contributed by atoms with E-state index in [2.05, 4.69) is 16.0 Å². The molecule has 33 heavy (non-hydrogen) atoms. The third-order valence-electron chi connectivity index (χ3n) is 4.59. The number of carboxylic acid groups (broad SMARTS) is 1. The molecule has 4 atom stereocenters. The third-order valence-corrected chi connectivity index (χ3v) is 4.59. The zero-order chi connectivity index (χ0) is 25.1. The highest BCUT2D eigenvalue weighted by atomic mass is 16.4. The first-order valence-electron chi connectivity index (χ1n) is 10.0. The predicted molar refractivity (Wildman–Crippen MR) is 114 cm³/mol. The number of benzene rings is 1. The van der Waals surface area contributed by atoms with Crippen LogP contribution in [0.2, 0.25) is 0 Å². The monoisotopic (exact) mass is 467 g/mol. The summed E-state index contributed by atoms with van der Waals surface area (Å²) in [6.07, 6.45) is -0.382. The van der Waals surface area contributed by atoms with Crippen molar-refractivity contribution >= 4 is 29.6 Å². The fourth-order valence-electron chi connectivity index (χ4n) is 2.65. The van der Waals surface area contributed by atoms with Crippen molar-refractivity contribution in [2.24, 2.45) is 11.5 Å². The Bertz CT molecular complexity index is 861. The minimum Gasteiger partial charge on any atom is -0.508 e. The van der Waals surface area contributed by atoms with Gasteiger partial charge in [0.2, 0.25) is 23.6 Å². The first-order valence-corrected chi connectivity index (χ1v) is 10.0. The quantitative estimate of drug-likeness (QED) is 0.148. The van der Waals surface area contributed by atoms with Crippen molar-refractivity contribution in [3.05, 3.63) is 29.8 Å². The van der Waals surface area contributed by atoms with Gasteiger partial charge in [0.15, 0.2) is 0 Å². The number of rotatable bonds is 13. The van der Waals surface area contributed by atoms with E-state index in [-0.39, 0.29) is 25.0 Å². The number of hydrogen-bond donors (Lipinski definition) is 8. The lowest BCUT2D eigenvalue weighted by Gasteiger charge is -2.23. The summed E-state index contributed by atoms with van der Waals surface area (Å²) in [7, 11) is 0. The zero-order valence-corrected chi connectivity index (χ0v) is 18.0. The number of aliphatic hydroxyl groups excluding tert-OH is 1. The molecule has 10 N–H and O–H groups in total. The summed E-state index contributed by atoms with van der Waals surface area (Å²) in [5.41, 5.74) is 11.7. The van der Waals surface area contributed by atoms with Crippen LogP contribution in [0, 0.1) is 0 Å². The fourth-order valence-corrected chi connectivity index (χ4v) is 2.65. The van der Waals surface area contributed by atoms with Crippen LogP contribution >= 0.6 is 0 Å². The molecular weight excluding hydrogens is 438 g/mol. The number of nitrogens with one attached hydrogen (secondary N) is 3. The molecule has 13 heteroatoms. The minimum atomic E-state index is -1.50. The Balaban J connectivity index is 2.84. The van der Waals surface area contributed by atoms with Gasteiger partial charge in [-0.2, -0.15) is 0 Å². The Morgan fingerprint density at radius 1 is 0.939 bits per heavy atom. The molecule has 0 saturated carbocycles. The second-order valence-corrected chi connectivity index (χ2v) is 7.36. The number of phenols is 1. The molecule has 0 spiro atoms. The van der Waals surface area contributed by atoms with E-state index in [4.69, 9.17) is 16.6 Å². The number of nitrogens with two attached hydrogens (primary N) is 2. The van der Waals surface area contributed by atoms with Crippen LogP contribution in [0.4, 0.5) is 0 Å². The van der Waals surface area contributed by atoms with Crippen LogP contribution in [0.3, 0.4) is 0 Å². The summed E-state index contributed by atoms with van der Waals surface area (Å²) in [5.74, 6) is -4.59. The zero-order valence-electron chi connectivity index (χ0n) is 18.0. The van der Waals surface area contributed by atoms with E-state index in [0.29, 0.717) is 5.56 Å². The lowest BCUT2D eigenvalue weighted by Crippen LogP contribution is -2.58. The molecule has 4 unspecified atom stereocenters. The van der Waals surface area contributed by atoms with Crippen LogP contribution in [0.1, 0.15) is 25.3 Å². The fraction of sp³-hybridized carbons (Fsp3) is 0.450. The highest BCUT2D eigenvalue weighted by Crippen LogP contribution is 2.11. The number of carbonyl (C=O) groups excluding carboxylic acids is 4. The number of carbonyl (C=O) groups is 5. The van der Waals surface area contributed by atoms with Gasteiger partial charge in [-0.1, -0.05) is 12.1 Å². The Kier molecular flexibility index (Phi) is 10.7. The largest absolute Gasteiger partial charge is 0.508 e. The van der Waals surface area contributed by atoms with Crippen molar-refractivity contribution in [2.75, 3.05) is 6.61 Å². The predicted octanol–water partition coefficient (Wildman–Crippen LogP) is -2.92. The van der Waals surface area contributed by atoms with Crippen molar-refractivity contribution in [2.45, 2.75) is 50.4 Å². The normalized spacial score (nSPS) is 14.3. The van der Waals surface area contributed by atoms with E-state index in [0.717, 1.165) is 0 Å². The van der Waals surface area contributed by atoms with E-state index in [1.807, 2.05) is 0 Å². The molecule has 0 aliphatic heterocycles. The first kappa shape index (κ1) is 27.3. The number of phenolic OH excluding ortho intramolecular Hbond substituents is 1. The lowest BCUT2D eigenvalue weighted by atomic mass is 10.0. The van der Waals surface area contributed by atoms with Gasteiger partial charge < -0.3 is 42.7 Å². The van der Waals surface area contributed by atoms with Crippen molar-refractivity contribution < 1.29 is 39.3 Å². The first-order chi connectivity index (χ1) is 15.4. The van der Waals surface area contributed by atoms with E-state index in [1.165, 1.54) is 19.1 Å². The molecule has 0 aliphatic carbocycles. The summed E-state index contributed by atoms with van der Waals surface area (Å²) < 4.78 is 0. The van der Waals surface area contributed by atoms with Crippen LogP contribution < -0.4 is 27.4 Å². The van der Waals surface area contributed by atoms with Crippen LogP contribution in [0.5, 0.6) is 5.75 Å². The average molecular weight is 467 g/mol. The molecule has 0 fully saturated rings. The van der Waals surface area contributed by atoms with Gasteiger partial charge in [-0.3, -0.25) is 24.0 Å². The lowest BCUT2D eigenvalue weighted by molar-refractivity contribution is -0.142. The molecule has 1 aromatic carbocycles. The third kappa shape index (κ3) is 9.53. The van der Waals surface area contributed by atoms with Gasteiger partial charge >= 0.3 is 5.97 Å². The molecule has 0 heterocycles. The Labute approximate surface area is 189 Å². The molecule has 182 valence electrons. The molecule has 0 saturated heterocycles. The van der Waals surface area contributed by atoms with E-state index < -0.39 is 60.4 Å². The molecular formula is C20H29N5O8. The smallest absolute Gasteiger partial charge is 0.325 e. The molecule has 13 nitrogen and oxygen atoms in total. The van der Waals surface area contributed by atoms with E-state index in [1.54, 1.807) is 12.1 Å². The van der Waals surface area contributed by atoms with Gasteiger partial charge in [-0.15, -0.1) is 0 Å². The summed E-state index contributed by atoms with van der Waals surface area (Å²) in [4.78, 5) is 59.3. The number of amides is 4. The molecule has 1 aromatic rings. The maximum absolute atomic E-state index is 12.6. The SMILES string of the molecule is CC(NC(=O)C(CO)NC(=O)C(CCC(N)=O)NC(=O)C(N)Cc1ccc(O)cc1)C(=O)O. The summed E-state index contributed by atoms with van der Waals surface area (Å²) in [5, 5.41) is 34.3. The molecule has 0 aromatic heterocycles. The van der Waals surface area contributed by atoms with E-state index in [9.17, 15) is 34.2 Å². The minimum absolute atomic E-state index is 0.0418. The van der Waals surface area contributed by atoms with Gasteiger partial charge in [0, 0.05) is 6.42 Å². The number of aliphatic hydroxyl groups is 1. The number of aliphatic carboxylic acids is 1. The Hall–Kier alpha value is -3.71. The van der Waals surface area contributed by atoms with Gasteiger partial charge in [-0.25, -0.2) is 0 Å². The number of aromatic hydroxyl groups is 1. The summed E-state index contributed by atoms with van der Waals surface area (Å²) in [6, 6.07) is 0.832. The summed E-state index contributed by atoms with van der Waals surface area (Å²) in [6.45, 7) is 0.350. The average Bonchev–Trinajstić information content (AvgIpc) is 2.75. The second kappa shape index (κ2) is 13.0. The highest BCUT2D eigenvalue weighted by Gasteiger charge is 2.29. The van der Waals surface area contributed by atoms with Crippen LogP contribution in [0.15, 0.2) is 24.3 Å². The van der Waals surface area contributed by atoms with Gasteiger partial charge in [-0.05, 0) is 37.5 Å². The maximum Gasteiger partial charge on any atom is 0.325 e. The molecule has 0 bridgehead atoms. The van der Waals surface area contributed by atoms with Gasteiger partial charge in [0.25, 0.3) is 0 Å². The van der Waals surface area contributed by atoms with Crippen LogP contribution in [0.25, 0.3) is 0 Å². The molecule has 1 rings (SSSR count). The molecule has 0 radical (unpaired) electrons. The van der Waals surface area contributed by atoms with Crippen LogP contribution in [-0.4, -0.2) is 75.7 Å². The number of hydrogen-bond acceptors (Lipinski definition) is 8.